The van der Waals surface area contributed by atoms with Crippen LogP contribution in [0.5, 0.6) is 0 Å². The number of rotatable bonds is 1. The molecule has 0 heterocycles. The van der Waals surface area contributed by atoms with E-state index in [0.717, 1.165) is 5.56 Å². The van der Waals surface area contributed by atoms with Crippen molar-refractivity contribution < 1.29 is 0 Å². The molecule has 0 aliphatic heterocycles. The van der Waals surface area contributed by atoms with E-state index in [4.69, 9.17) is 5.73 Å². The zero-order chi connectivity index (χ0) is 13.4. The van der Waals surface area contributed by atoms with Crippen LogP contribution in [0.2, 0.25) is 0 Å². The SMILES string of the molecule is [CH2]c1c(CN)cc(C(C)(C)C)cc1C(C)(C)C. The first kappa shape index (κ1) is 14.2. The lowest BCUT2D eigenvalue weighted by atomic mass is 9.77. The van der Waals surface area contributed by atoms with Crippen molar-refractivity contribution in [2.75, 3.05) is 0 Å². The maximum Gasteiger partial charge on any atom is 0.0181 e. The molecule has 17 heavy (non-hydrogen) atoms. The van der Waals surface area contributed by atoms with Gasteiger partial charge in [0.2, 0.25) is 0 Å². The molecule has 0 fully saturated rings. The van der Waals surface area contributed by atoms with Gasteiger partial charge in [-0.2, -0.15) is 0 Å². The summed E-state index contributed by atoms with van der Waals surface area (Å²) in [6.45, 7) is 18.1. The minimum atomic E-state index is 0.113. The quantitative estimate of drug-likeness (QED) is 0.780. The molecule has 1 heteroatoms. The van der Waals surface area contributed by atoms with Crippen LogP contribution < -0.4 is 5.73 Å². The van der Waals surface area contributed by atoms with E-state index < -0.39 is 0 Å². The fraction of sp³-hybridized carbons (Fsp3) is 0.562. The zero-order valence-corrected chi connectivity index (χ0v) is 12.1. The highest BCUT2D eigenvalue weighted by Crippen LogP contribution is 2.33. The van der Waals surface area contributed by atoms with E-state index in [-0.39, 0.29) is 10.8 Å². The molecule has 0 aliphatic rings. The number of hydrogen-bond donors (Lipinski definition) is 1. The van der Waals surface area contributed by atoms with Crippen LogP contribution in [0.1, 0.15) is 63.8 Å². The molecule has 1 nitrogen and oxygen atoms in total. The Bertz CT molecular complexity index is 403. The standard InChI is InChI=1S/C16H26N/c1-11-12(10-17)8-13(15(2,3)4)9-14(11)16(5,6)7/h8-9H,1,10,17H2,2-7H3. The third-order valence-electron chi connectivity index (χ3n) is 3.24. The van der Waals surface area contributed by atoms with Crippen molar-refractivity contribution in [1.82, 2.24) is 0 Å². The van der Waals surface area contributed by atoms with E-state index in [0.29, 0.717) is 6.54 Å². The van der Waals surface area contributed by atoms with Crippen molar-refractivity contribution in [2.45, 2.75) is 58.9 Å². The summed E-state index contributed by atoms with van der Waals surface area (Å²) in [5, 5.41) is 0. The molecular weight excluding hydrogens is 206 g/mol. The fourth-order valence-corrected chi connectivity index (χ4v) is 2.02. The fourth-order valence-electron chi connectivity index (χ4n) is 2.02. The summed E-state index contributed by atoms with van der Waals surface area (Å²) in [6, 6.07) is 4.50. The first-order valence-corrected chi connectivity index (χ1v) is 6.27. The Balaban J connectivity index is 3.50. The molecule has 1 aromatic carbocycles. The Hall–Kier alpha value is -0.820. The molecule has 1 rings (SSSR count). The molecule has 0 spiro atoms. The van der Waals surface area contributed by atoms with Gasteiger partial charge in [-0.15, -0.1) is 0 Å². The Morgan fingerprint density at radius 2 is 1.53 bits per heavy atom. The molecule has 0 bridgehead atoms. The molecule has 0 unspecified atom stereocenters. The van der Waals surface area contributed by atoms with Crippen LogP contribution in [-0.2, 0) is 17.4 Å². The highest BCUT2D eigenvalue weighted by Gasteiger charge is 2.22. The predicted octanol–water partition coefficient (Wildman–Crippen LogP) is 3.92. The minimum Gasteiger partial charge on any atom is -0.326 e. The second-order valence-corrected chi connectivity index (χ2v) is 6.87. The summed E-state index contributed by atoms with van der Waals surface area (Å²) in [4.78, 5) is 0. The van der Waals surface area contributed by atoms with Gasteiger partial charge in [0.05, 0.1) is 0 Å². The smallest absolute Gasteiger partial charge is 0.0181 e. The van der Waals surface area contributed by atoms with Crippen LogP contribution in [0.15, 0.2) is 12.1 Å². The monoisotopic (exact) mass is 232 g/mol. The van der Waals surface area contributed by atoms with E-state index in [2.05, 4.69) is 60.6 Å². The summed E-state index contributed by atoms with van der Waals surface area (Å²) < 4.78 is 0. The number of hydrogen-bond acceptors (Lipinski definition) is 1. The normalized spacial score (nSPS) is 12.9. The van der Waals surface area contributed by atoms with Crippen molar-refractivity contribution in [3.05, 3.63) is 41.3 Å². The maximum absolute atomic E-state index is 5.83. The summed E-state index contributed by atoms with van der Waals surface area (Å²) in [6.07, 6.45) is 0. The molecule has 0 aromatic heterocycles. The van der Waals surface area contributed by atoms with E-state index in [1.807, 2.05) is 0 Å². The van der Waals surface area contributed by atoms with Crippen molar-refractivity contribution in [1.29, 1.82) is 0 Å². The lowest BCUT2D eigenvalue weighted by molar-refractivity contribution is 0.565. The molecule has 0 aliphatic carbocycles. The lowest BCUT2D eigenvalue weighted by Crippen LogP contribution is -2.19. The van der Waals surface area contributed by atoms with Crippen molar-refractivity contribution in [3.8, 4) is 0 Å². The van der Waals surface area contributed by atoms with Gasteiger partial charge in [-0.05, 0) is 40.0 Å². The van der Waals surface area contributed by atoms with Crippen LogP contribution in [0.3, 0.4) is 0 Å². The first-order valence-electron chi connectivity index (χ1n) is 6.27. The second-order valence-electron chi connectivity index (χ2n) is 6.87. The van der Waals surface area contributed by atoms with E-state index in [1.54, 1.807) is 0 Å². The van der Waals surface area contributed by atoms with Gasteiger partial charge in [0.25, 0.3) is 0 Å². The van der Waals surface area contributed by atoms with E-state index >= 15 is 0 Å². The lowest BCUT2D eigenvalue weighted by Gasteiger charge is -2.28. The molecule has 0 saturated heterocycles. The molecule has 1 radical (unpaired) electrons. The highest BCUT2D eigenvalue weighted by molar-refractivity contribution is 5.46. The van der Waals surface area contributed by atoms with Gasteiger partial charge >= 0.3 is 0 Å². The topological polar surface area (TPSA) is 26.0 Å². The van der Waals surface area contributed by atoms with Crippen molar-refractivity contribution >= 4 is 0 Å². The van der Waals surface area contributed by atoms with Gasteiger partial charge in [-0.25, -0.2) is 0 Å². The average Bonchev–Trinajstić information content (AvgIpc) is 2.14. The molecule has 1 aromatic rings. The molecular formula is C16H26N. The highest BCUT2D eigenvalue weighted by atomic mass is 14.5. The van der Waals surface area contributed by atoms with Gasteiger partial charge in [-0.3, -0.25) is 0 Å². The number of nitrogens with two attached hydrogens (primary N) is 1. The average molecular weight is 232 g/mol. The largest absolute Gasteiger partial charge is 0.326 e. The Labute approximate surface area is 106 Å². The van der Waals surface area contributed by atoms with Crippen LogP contribution in [0, 0.1) is 6.92 Å². The second kappa shape index (κ2) is 4.45. The van der Waals surface area contributed by atoms with Gasteiger partial charge in [0.1, 0.15) is 0 Å². The summed E-state index contributed by atoms with van der Waals surface area (Å²) in [7, 11) is 0. The number of benzene rings is 1. The zero-order valence-electron chi connectivity index (χ0n) is 12.1. The molecule has 95 valence electrons. The van der Waals surface area contributed by atoms with Crippen LogP contribution >= 0.6 is 0 Å². The van der Waals surface area contributed by atoms with Crippen LogP contribution in [-0.4, -0.2) is 0 Å². The van der Waals surface area contributed by atoms with Gasteiger partial charge in [0, 0.05) is 6.54 Å². The molecule has 0 atom stereocenters. The third-order valence-corrected chi connectivity index (χ3v) is 3.24. The minimum absolute atomic E-state index is 0.113. The molecule has 0 saturated carbocycles. The van der Waals surface area contributed by atoms with Gasteiger partial charge in [-0.1, -0.05) is 53.7 Å². The molecule has 0 amide bonds. The predicted molar refractivity (Wildman–Crippen MR) is 76.2 cm³/mol. The van der Waals surface area contributed by atoms with E-state index in [1.165, 1.54) is 16.7 Å². The summed E-state index contributed by atoms with van der Waals surface area (Å²) >= 11 is 0. The van der Waals surface area contributed by atoms with Crippen LogP contribution in [0.4, 0.5) is 0 Å². The first-order chi connectivity index (χ1) is 7.57. The summed E-state index contributed by atoms with van der Waals surface area (Å²) in [5.41, 5.74) is 11.0. The third kappa shape index (κ3) is 3.10. The maximum atomic E-state index is 5.83. The Kier molecular flexibility index (Phi) is 3.73. The Morgan fingerprint density at radius 1 is 1.00 bits per heavy atom. The summed E-state index contributed by atoms with van der Waals surface area (Å²) in [5.74, 6) is 0. The van der Waals surface area contributed by atoms with Gasteiger partial charge < -0.3 is 5.73 Å². The van der Waals surface area contributed by atoms with Crippen molar-refractivity contribution in [3.63, 3.8) is 0 Å². The van der Waals surface area contributed by atoms with E-state index in [9.17, 15) is 0 Å². The Morgan fingerprint density at radius 3 is 1.88 bits per heavy atom. The van der Waals surface area contributed by atoms with Crippen LogP contribution in [0.25, 0.3) is 0 Å². The van der Waals surface area contributed by atoms with Gasteiger partial charge in [0.15, 0.2) is 0 Å². The molecule has 2 N–H and O–H groups in total. The van der Waals surface area contributed by atoms with Crippen molar-refractivity contribution in [2.24, 2.45) is 5.73 Å².